The maximum Gasteiger partial charge on any atom is 0.0600 e. The fraction of sp³-hybridized carbons (Fsp3) is 0.476. The van der Waals surface area contributed by atoms with Gasteiger partial charge < -0.3 is 4.90 Å². The van der Waals surface area contributed by atoms with Gasteiger partial charge in [0.1, 0.15) is 0 Å². The summed E-state index contributed by atoms with van der Waals surface area (Å²) in [6.07, 6.45) is 8.89. The van der Waals surface area contributed by atoms with Crippen molar-refractivity contribution in [2.45, 2.75) is 59.3 Å². The van der Waals surface area contributed by atoms with Crippen molar-refractivity contribution in [2.75, 3.05) is 11.4 Å². The van der Waals surface area contributed by atoms with Crippen LogP contribution in [0.4, 0.5) is 11.4 Å². The molecule has 23 heavy (non-hydrogen) atoms. The normalized spacial score (nSPS) is 14.0. The standard InChI is InChI=1S/C21H28N2/c1-4-8-20-17(6-3)14-19(15-22-20)23-12-7-9-18-11-10-16(5-2)13-21(18)23/h10-11,13-15H,4-9,12H2,1-3H3. The van der Waals surface area contributed by atoms with Crippen LogP contribution in [0.25, 0.3) is 0 Å². The third kappa shape index (κ3) is 3.26. The van der Waals surface area contributed by atoms with E-state index < -0.39 is 0 Å². The van der Waals surface area contributed by atoms with Crippen LogP contribution in [-0.4, -0.2) is 11.5 Å². The summed E-state index contributed by atoms with van der Waals surface area (Å²) in [5.41, 5.74) is 8.23. The summed E-state index contributed by atoms with van der Waals surface area (Å²) in [6.45, 7) is 7.78. The molecule has 2 heteroatoms. The van der Waals surface area contributed by atoms with E-state index in [9.17, 15) is 0 Å². The number of pyridine rings is 1. The smallest absolute Gasteiger partial charge is 0.0600 e. The van der Waals surface area contributed by atoms with Crippen LogP contribution in [0.5, 0.6) is 0 Å². The molecule has 0 radical (unpaired) electrons. The number of benzene rings is 1. The topological polar surface area (TPSA) is 16.1 Å². The third-order valence-electron chi connectivity index (χ3n) is 4.90. The Balaban J connectivity index is 2.00. The largest absolute Gasteiger partial charge is 0.340 e. The van der Waals surface area contributed by atoms with Gasteiger partial charge in [-0.2, -0.15) is 0 Å². The van der Waals surface area contributed by atoms with Gasteiger partial charge in [-0.1, -0.05) is 39.3 Å². The zero-order chi connectivity index (χ0) is 16.2. The lowest BCUT2D eigenvalue weighted by atomic mass is 9.98. The molecule has 0 atom stereocenters. The van der Waals surface area contributed by atoms with Crippen molar-refractivity contribution in [3.05, 3.63) is 52.8 Å². The molecule has 0 saturated carbocycles. The molecule has 1 aliphatic rings. The van der Waals surface area contributed by atoms with Crippen molar-refractivity contribution in [3.8, 4) is 0 Å². The van der Waals surface area contributed by atoms with Crippen LogP contribution < -0.4 is 4.90 Å². The highest BCUT2D eigenvalue weighted by Gasteiger charge is 2.19. The lowest BCUT2D eigenvalue weighted by Gasteiger charge is -2.32. The molecular weight excluding hydrogens is 280 g/mol. The van der Waals surface area contributed by atoms with E-state index in [1.54, 1.807) is 0 Å². The monoisotopic (exact) mass is 308 g/mol. The molecule has 0 N–H and O–H groups in total. The number of rotatable bonds is 5. The highest BCUT2D eigenvalue weighted by Crippen LogP contribution is 2.34. The van der Waals surface area contributed by atoms with Crippen LogP contribution in [0.2, 0.25) is 0 Å². The number of fused-ring (bicyclic) bond motifs is 1. The summed E-state index contributed by atoms with van der Waals surface area (Å²) in [6, 6.07) is 9.34. The van der Waals surface area contributed by atoms with Gasteiger partial charge in [0.2, 0.25) is 0 Å². The van der Waals surface area contributed by atoms with E-state index >= 15 is 0 Å². The molecule has 0 unspecified atom stereocenters. The number of anilines is 2. The zero-order valence-electron chi connectivity index (χ0n) is 14.7. The molecule has 0 bridgehead atoms. The molecule has 2 aromatic rings. The second-order valence-corrected chi connectivity index (χ2v) is 6.47. The minimum Gasteiger partial charge on any atom is -0.340 e. The molecule has 122 valence electrons. The van der Waals surface area contributed by atoms with E-state index in [-0.39, 0.29) is 0 Å². The summed E-state index contributed by atoms with van der Waals surface area (Å²) in [5, 5.41) is 0. The number of hydrogen-bond donors (Lipinski definition) is 0. The van der Waals surface area contributed by atoms with E-state index in [4.69, 9.17) is 4.98 Å². The third-order valence-corrected chi connectivity index (χ3v) is 4.90. The van der Waals surface area contributed by atoms with Crippen molar-refractivity contribution in [1.29, 1.82) is 0 Å². The summed E-state index contributed by atoms with van der Waals surface area (Å²) in [7, 11) is 0. The Morgan fingerprint density at radius 2 is 1.96 bits per heavy atom. The van der Waals surface area contributed by atoms with Crippen molar-refractivity contribution < 1.29 is 0 Å². The van der Waals surface area contributed by atoms with Gasteiger partial charge >= 0.3 is 0 Å². The summed E-state index contributed by atoms with van der Waals surface area (Å²) in [5.74, 6) is 0. The Morgan fingerprint density at radius 1 is 1.09 bits per heavy atom. The predicted octanol–water partition coefficient (Wildman–Crippen LogP) is 5.24. The van der Waals surface area contributed by atoms with Gasteiger partial charge in [-0.3, -0.25) is 4.98 Å². The molecule has 2 nitrogen and oxygen atoms in total. The summed E-state index contributed by atoms with van der Waals surface area (Å²) in [4.78, 5) is 7.26. The first-order valence-corrected chi connectivity index (χ1v) is 9.13. The molecule has 0 saturated heterocycles. The molecule has 0 aliphatic carbocycles. The Kier molecular flexibility index (Phi) is 5.00. The van der Waals surface area contributed by atoms with E-state index in [0.29, 0.717) is 0 Å². The summed E-state index contributed by atoms with van der Waals surface area (Å²) >= 11 is 0. The van der Waals surface area contributed by atoms with Gasteiger partial charge in [0.25, 0.3) is 0 Å². The van der Waals surface area contributed by atoms with Crippen LogP contribution in [0.1, 0.15) is 56.0 Å². The predicted molar refractivity (Wildman–Crippen MR) is 98.8 cm³/mol. The molecule has 0 fully saturated rings. The van der Waals surface area contributed by atoms with Gasteiger partial charge in [-0.05, 0) is 60.9 Å². The lowest BCUT2D eigenvalue weighted by Crippen LogP contribution is -2.25. The lowest BCUT2D eigenvalue weighted by molar-refractivity contribution is 0.761. The Morgan fingerprint density at radius 3 is 2.70 bits per heavy atom. The number of nitrogens with zero attached hydrogens (tertiary/aromatic N) is 2. The molecule has 1 aromatic heterocycles. The maximum absolute atomic E-state index is 4.79. The van der Waals surface area contributed by atoms with E-state index in [2.05, 4.69) is 56.1 Å². The minimum atomic E-state index is 1.06. The average Bonchev–Trinajstić information content (AvgIpc) is 2.61. The first-order chi connectivity index (χ1) is 11.3. The first kappa shape index (κ1) is 16.0. The minimum absolute atomic E-state index is 1.06. The van der Waals surface area contributed by atoms with Gasteiger partial charge in [-0.25, -0.2) is 0 Å². The Labute approximate surface area is 140 Å². The van der Waals surface area contributed by atoms with Gasteiger partial charge in [-0.15, -0.1) is 0 Å². The Bertz CT molecular complexity index is 676. The zero-order valence-corrected chi connectivity index (χ0v) is 14.7. The first-order valence-electron chi connectivity index (χ1n) is 9.13. The van der Waals surface area contributed by atoms with E-state index in [1.165, 1.54) is 46.6 Å². The number of aromatic nitrogens is 1. The molecular formula is C21H28N2. The van der Waals surface area contributed by atoms with Crippen LogP contribution in [-0.2, 0) is 25.7 Å². The second-order valence-electron chi connectivity index (χ2n) is 6.47. The average molecular weight is 308 g/mol. The molecule has 2 heterocycles. The molecule has 3 rings (SSSR count). The number of aryl methyl sites for hydroxylation is 4. The van der Waals surface area contributed by atoms with Crippen molar-refractivity contribution >= 4 is 11.4 Å². The van der Waals surface area contributed by atoms with Crippen molar-refractivity contribution in [1.82, 2.24) is 4.98 Å². The van der Waals surface area contributed by atoms with Crippen LogP contribution in [0.15, 0.2) is 30.5 Å². The fourth-order valence-corrected chi connectivity index (χ4v) is 3.55. The van der Waals surface area contributed by atoms with Crippen LogP contribution in [0, 0.1) is 0 Å². The van der Waals surface area contributed by atoms with Crippen molar-refractivity contribution in [3.63, 3.8) is 0 Å². The molecule has 0 spiro atoms. The quantitative estimate of drug-likeness (QED) is 0.750. The van der Waals surface area contributed by atoms with E-state index in [1.807, 2.05) is 0 Å². The molecule has 1 aliphatic heterocycles. The second kappa shape index (κ2) is 7.16. The highest BCUT2D eigenvalue weighted by molar-refractivity contribution is 5.68. The molecule has 1 aromatic carbocycles. The highest BCUT2D eigenvalue weighted by atomic mass is 15.1. The van der Waals surface area contributed by atoms with Crippen LogP contribution >= 0.6 is 0 Å². The molecule has 0 amide bonds. The maximum atomic E-state index is 4.79. The SMILES string of the molecule is CCCc1ncc(N2CCCc3ccc(CC)cc32)cc1CC. The van der Waals surface area contributed by atoms with Gasteiger partial charge in [0, 0.05) is 17.9 Å². The number of hydrogen-bond acceptors (Lipinski definition) is 2. The van der Waals surface area contributed by atoms with E-state index in [0.717, 1.165) is 32.2 Å². The van der Waals surface area contributed by atoms with Gasteiger partial charge in [0.15, 0.2) is 0 Å². The van der Waals surface area contributed by atoms with Gasteiger partial charge in [0.05, 0.1) is 11.9 Å². The Hall–Kier alpha value is -1.83. The van der Waals surface area contributed by atoms with Crippen LogP contribution in [0.3, 0.4) is 0 Å². The van der Waals surface area contributed by atoms with Crippen molar-refractivity contribution in [2.24, 2.45) is 0 Å². The fourth-order valence-electron chi connectivity index (χ4n) is 3.55. The summed E-state index contributed by atoms with van der Waals surface area (Å²) < 4.78 is 0.